The van der Waals surface area contributed by atoms with Crippen molar-refractivity contribution in [3.8, 4) is 0 Å². The minimum absolute atomic E-state index is 0. The van der Waals surface area contributed by atoms with Gasteiger partial charge in [0.05, 0.1) is 4.92 Å². The summed E-state index contributed by atoms with van der Waals surface area (Å²) in [4.78, 5) is 24.4. The smallest absolute Gasteiger partial charge is 0.282 e. The van der Waals surface area contributed by atoms with Crippen LogP contribution in [0.25, 0.3) is 0 Å². The second-order valence-electron chi connectivity index (χ2n) is 4.93. The van der Waals surface area contributed by atoms with Crippen LogP contribution in [0.5, 0.6) is 0 Å². The van der Waals surface area contributed by atoms with Crippen molar-refractivity contribution in [1.29, 1.82) is 0 Å². The highest BCUT2D eigenvalue weighted by Crippen LogP contribution is 2.24. The van der Waals surface area contributed by atoms with Gasteiger partial charge in [0, 0.05) is 25.2 Å². The number of nitrogens with two attached hydrogens (primary N) is 1. The summed E-state index contributed by atoms with van der Waals surface area (Å²) in [6, 6.07) is 6.08. The molecule has 110 valence electrons. The zero-order valence-corrected chi connectivity index (χ0v) is 12.0. The van der Waals surface area contributed by atoms with Crippen molar-refractivity contribution in [2.24, 2.45) is 11.7 Å². The van der Waals surface area contributed by atoms with E-state index in [2.05, 4.69) is 0 Å². The van der Waals surface area contributed by atoms with Crippen molar-refractivity contribution in [3.63, 3.8) is 0 Å². The number of carbonyl (C=O) groups is 1. The number of carbonyl (C=O) groups excluding carboxylic acids is 1. The molecule has 1 aromatic rings. The van der Waals surface area contributed by atoms with Crippen LogP contribution in [0.2, 0.25) is 0 Å². The van der Waals surface area contributed by atoms with Gasteiger partial charge in [-0.2, -0.15) is 0 Å². The van der Waals surface area contributed by atoms with Gasteiger partial charge >= 0.3 is 0 Å². The molecule has 0 radical (unpaired) electrons. The van der Waals surface area contributed by atoms with Crippen molar-refractivity contribution in [3.05, 3.63) is 39.9 Å². The number of amides is 1. The molecule has 1 aliphatic heterocycles. The van der Waals surface area contributed by atoms with Gasteiger partial charge in [-0.15, -0.1) is 12.4 Å². The Morgan fingerprint density at radius 1 is 1.50 bits per heavy atom. The van der Waals surface area contributed by atoms with E-state index in [1.165, 1.54) is 12.1 Å². The highest BCUT2D eigenvalue weighted by atomic mass is 35.5. The molecule has 20 heavy (non-hydrogen) atoms. The molecule has 0 saturated carbocycles. The molecule has 2 atom stereocenters. The van der Waals surface area contributed by atoms with Gasteiger partial charge in [0.25, 0.3) is 11.6 Å². The molecule has 2 rings (SSSR count). The van der Waals surface area contributed by atoms with E-state index in [0.717, 1.165) is 6.42 Å². The summed E-state index contributed by atoms with van der Waals surface area (Å²) in [5, 5.41) is 10.9. The van der Waals surface area contributed by atoms with E-state index in [0.29, 0.717) is 13.1 Å². The highest BCUT2D eigenvalue weighted by Gasteiger charge is 2.31. The van der Waals surface area contributed by atoms with E-state index in [1.807, 2.05) is 6.92 Å². The Kier molecular flexibility index (Phi) is 5.47. The number of rotatable bonds is 3. The number of likely N-dealkylation sites (tertiary alicyclic amines) is 1. The maximum atomic E-state index is 12.3. The van der Waals surface area contributed by atoms with Crippen molar-refractivity contribution in [1.82, 2.24) is 4.90 Å². The van der Waals surface area contributed by atoms with Gasteiger partial charge < -0.3 is 10.6 Å². The quantitative estimate of drug-likeness (QED) is 0.681. The van der Waals surface area contributed by atoms with Gasteiger partial charge in [-0.05, 0) is 25.3 Å². The van der Waals surface area contributed by atoms with Crippen LogP contribution in [0.1, 0.15) is 23.7 Å². The summed E-state index contributed by atoms with van der Waals surface area (Å²) in [5.74, 6) is -0.0119. The third-order valence-corrected chi connectivity index (χ3v) is 3.59. The maximum absolute atomic E-state index is 12.3. The summed E-state index contributed by atoms with van der Waals surface area (Å²) in [7, 11) is 0. The number of benzene rings is 1. The van der Waals surface area contributed by atoms with Gasteiger partial charge in [-0.1, -0.05) is 12.1 Å². The lowest BCUT2D eigenvalue weighted by Crippen LogP contribution is -2.33. The molecule has 1 fully saturated rings. The Morgan fingerprint density at radius 3 is 2.70 bits per heavy atom. The normalized spacial score (nSPS) is 19.3. The molecule has 6 nitrogen and oxygen atoms in total. The lowest BCUT2D eigenvalue weighted by Gasteiger charge is -2.18. The van der Waals surface area contributed by atoms with E-state index in [4.69, 9.17) is 5.73 Å². The highest BCUT2D eigenvalue weighted by molar-refractivity contribution is 5.98. The lowest BCUT2D eigenvalue weighted by molar-refractivity contribution is -0.385. The molecule has 2 unspecified atom stereocenters. The molecule has 7 heteroatoms. The number of para-hydroxylation sites is 1. The first-order chi connectivity index (χ1) is 9.00. The van der Waals surface area contributed by atoms with Gasteiger partial charge in [0.1, 0.15) is 5.56 Å². The molecule has 0 bridgehead atoms. The number of halogens is 1. The van der Waals surface area contributed by atoms with Crippen molar-refractivity contribution < 1.29 is 9.72 Å². The minimum atomic E-state index is -0.521. The fourth-order valence-corrected chi connectivity index (χ4v) is 2.38. The first-order valence-electron chi connectivity index (χ1n) is 6.29. The van der Waals surface area contributed by atoms with Crippen LogP contribution in [0, 0.1) is 16.0 Å². The van der Waals surface area contributed by atoms with Crippen LogP contribution >= 0.6 is 12.4 Å². The molecule has 1 amide bonds. The number of nitrogens with zero attached hydrogens (tertiary/aromatic N) is 2. The van der Waals surface area contributed by atoms with Gasteiger partial charge in [-0.3, -0.25) is 14.9 Å². The zero-order valence-electron chi connectivity index (χ0n) is 11.2. The Bertz CT molecular complexity index is 507. The van der Waals surface area contributed by atoms with Crippen LogP contribution < -0.4 is 5.73 Å². The summed E-state index contributed by atoms with van der Waals surface area (Å²) in [6.45, 7) is 3.10. The largest absolute Gasteiger partial charge is 0.338 e. The molecule has 0 aliphatic carbocycles. The molecule has 0 aromatic heterocycles. The Balaban J connectivity index is 0.00000200. The van der Waals surface area contributed by atoms with Gasteiger partial charge in [0.15, 0.2) is 0 Å². The van der Waals surface area contributed by atoms with Crippen molar-refractivity contribution in [2.45, 2.75) is 19.4 Å². The number of nitro benzene ring substituents is 1. The third kappa shape index (κ3) is 3.26. The summed E-state index contributed by atoms with van der Waals surface area (Å²) in [6.07, 6.45) is 0.851. The Morgan fingerprint density at radius 2 is 2.15 bits per heavy atom. The summed E-state index contributed by atoms with van der Waals surface area (Å²) >= 11 is 0. The molecular weight excluding hydrogens is 282 g/mol. The number of nitro groups is 1. The molecule has 1 aliphatic rings. The summed E-state index contributed by atoms with van der Waals surface area (Å²) < 4.78 is 0. The average Bonchev–Trinajstić information content (AvgIpc) is 2.87. The SMILES string of the molecule is CC(N)C1CCN(C(=O)c2ccccc2[N+](=O)[O-])C1.Cl. The molecule has 1 aromatic carbocycles. The van der Waals surface area contributed by atoms with E-state index < -0.39 is 4.92 Å². The van der Waals surface area contributed by atoms with E-state index in [9.17, 15) is 14.9 Å². The third-order valence-electron chi connectivity index (χ3n) is 3.59. The van der Waals surface area contributed by atoms with Crippen LogP contribution in [-0.4, -0.2) is 34.9 Å². The fourth-order valence-electron chi connectivity index (χ4n) is 2.38. The predicted molar refractivity (Wildman–Crippen MR) is 78.0 cm³/mol. The Hall–Kier alpha value is -1.66. The first kappa shape index (κ1) is 16.4. The zero-order chi connectivity index (χ0) is 14.0. The average molecular weight is 300 g/mol. The fraction of sp³-hybridized carbons (Fsp3) is 0.462. The Labute approximate surface area is 123 Å². The lowest BCUT2D eigenvalue weighted by atomic mass is 10.0. The van der Waals surface area contributed by atoms with E-state index in [1.54, 1.807) is 17.0 Å². The van der Waals surface area contributed by atoms with Crippen LogP contribution in [0.3, 0.4) is 0 Å². The second-order valence-corrected chi connectivity index (χ2v) is 4.93. The maximum Gasteiger partial charge on any atom is 0.282 e. The van der Waals surface area contributed by atoms with E-state index >= 15 is 0 Å². The van der Waals surface area contributed by atoms with Crippen molar-refractivity contribution in [2.75, 3.05) is 13.1 Å². The van der Waals surface area contributed by atoms with Crippen LogP contribution in [0.15, 0.2) is 24.3 Å². The number of hydrogen-bond donors (Lipinski definition) is 1. The minimum Gasteiger partial charge on any atom is -0.338 e. The first-order valence-corrected chi connectivity index (χ1v) is 6.29. The standard InChI is InChI=1S/C13H17N3O3.ClH/c1-9(14)10-6-7-15(8-10)13(17)11-4-2-3-5-12(11)16(18)19;/h2-5,9-10H,6-8,14H2,1H3;1H. The molecule has 1 heterocycles. The van der Waals surface area contributed by atoms with Crippen LogP contribution in [-0.2, 0) is 0 Å². The van der Waals surface area contributed by atoms with E-state index in [-0.39, 0.29) is 41.5 Å². The summed E-state index contributed by atoms with van der Waals surface area (Å²) in [5.41, 5.74) is 5.84. The second kappa shape index (κ2) is 6.67. The van der Waals surface area contributed by atoms with Gasteiger partial charge in [0.2, 0.25) is 0 Å². The molecular formula is C13H18ClN3O3. The molecule has 0 spiro atoms. The topological polar surface area (TPSA) is 89.5 Å². The van der Waals surface area contributed by atoms with Crippen molar-refractivity contribution >= 4 is 24.0 Å². The van der Waals surface area contributed by atoms with Crippen LogP contribution in [0.4, 0.5) is 5.69 Å². The molecule has 2 N–H and O–H groups in total. The van der Waals surface area contributed by atoms with Gasteiger partial charge in [-0.25, -0.2) is 0 Å². The monoisotopic (exact) mass is 299 g/mol. The number of hydrogen-bond acceptors (Lipinski definition) is 4. The molecule has 1 saturated heterocycles. The predicted octanol–water partition coefficient (Wildman–Crippen LogP) is 1.83.